The predicted octanol–water partition coefficient (Wildman–Crippen LogP) is 2.58. The van der Waals surface area contributed by atoms with Gasteiger partial charge in [0.1, 0.15) is 0 Å². The van der Waals surface area contributed by atoms with Crippen LogP contribution in [0.15, 0.2) is 18.2 Å². The highest BCUT2D eigenvalue weighted by Gasteiger charge is 2.14. The van der Waals surface area contributed by atoms with E-state index in [1.807, 2.05) is 25.2 Å². The molecule has 0 bridgehead atoms. The molecular formula is C16H21N3O2. The second-order valence-corrected chi connectivity index (χ2v) is 4.87. The maximum absolute atomic E-state index is 9.12. The molecular weight excluding hydrogens is 266 g/mol. The maximum Gasteiger partial charge on any atom is 0.165 e. The van der Waals surface area contributed by atoms with E-state index in [2.05, 4.69) is 17.0 Å². The highest BCUT2D eigenvalue weighted by Crippen LogP contribution is 2.31. The molecule has 21 heavy (non-hydrogen) atoms. The summed E-state index contributed by atoms with van der Waals surface area (Å²) in [6, 6.07) is 10.1. The zero-order valence-corrected chi connectivity index (χ0v) is 12.8. The van der Waals surface area contributed by atoms with Crippen LogP contribution in [0.4, 0.5) is 0 Å². The van der Waals surface area contributed by atoms with E-state index in [4.69, 9.17) is 20.0 Å². The third-order valence-electron chi connectivity index (χ3n) is 3.24. The van der Waals surface area contributed by atoms with Gasteiger partial charge in [-0.1, -0.05) is 12.1 Å². The fourth-order valence-electron chi connectivity index (χ4n) is 2.25. The first kappa shape index (κ1) is 16.8. The average molecular weight is 287 g/mol. The summed E-state index contributed by atoms with van der Waals surface area (Å²) in [5.41, 5.74) is 1.01. The minimum absolute atomic E-state index is 0.133. The van der Waals surface area contributed by atoms with Crippen molar-refractivity contribution in [2.24, 2.45) is 5.92 Å². The predicted molar refractivity (Wildman–Crippen MR) is 79.8 cm³/mol. The number of nitriles is 2. The Morgan fingerprint density at radius 3 is 2.57 bits per heavy atom. The number of rotatable bonds is 8. The lowest BCUT2D eigenvalue weighted by Crippen LogP contribution is -2.25. The topological polar surface area (TPSA) is 69.3 Å². The molecule has 0 radical (unpaired) electrons. The van der Waals surface area contributed by atoms with Gasteiger partial charge >= 0.3 is 0 Å². The van der Waals surface area contributed by atoms with Crippen LogP contribution in [0, 0.1) is 28.6 Å². The van der Waals surface area contributed by atoms with Gasteiger partial charge < -0.3 is 14.4 Å². The van der Waals surface area contributed by atoms with Gasteiger partial charge in [-0.25, -0.2) is 0 Å². The molecule has 0 aliphatic heterocycles. The number of hydrogen-bond donors (Lipinski definition) is 0. The maximum atomic E-state index is 9.12. The summed E-state index contributed by atoms with van der Waals surface area (Å²) >= 11 is 0. The van der Waals surface area contributed by atoms with E-state index >= 15 is 0 Å². The van der Waals surface area contributed by atoms with Crippen molar-refractivity contribution in [2.45, 2.75) is 19.4 Å². The van der Waals surface area contributed by atoms with Gasteiger partial charge in [0.2, 0.25) is 0 Å². The minimum Gasteiger partial charge on any atom is -0.493 e. The third-order valence-corrected chi connectivity index (χ3v) is 3.24. The van der Waals surface area contributed by atoms with Gasteiger partial charge in [0.15, 0.2) is 11.5 Å². The van der Waals surface area contributed by atoms with Gasteiger partial charge in [-0.15, -0.1) is 0 Å². The molecule has 0 aliphatic rings. The smallest absolute Gasteiger partial charge is 0.165 e. The van der Waals surface area contributed by atoms with Crippen LogP contribution < -0.4 is 9.47 Å². The van der Waals surface area contributed by atoms with Crippen LogP contribution in [0.1, 0.15) is 18.4 Å². The Morgan fingerprint density at radius 1 is 1.24 bits per heavy atom. The molecule has 0 aliphatic carbocycles. The van der Waals surface area contributed by atoms with Gasteiger partial charge in [-0.3, -0.25) is 0 Å². The Kier molecular flexibility index (Phi) is 7.08. The van der Waals surface area contributed by atoms with Crippen LogP contribution in [0.5, 0.6) is 11.5 Å². The lowest BCUT2D eigenvalue weighted by Gasteiger charge is -2.21. The summed E-state index contributed by atoms with van der Waals surface area (Å²) in [6.07, 6.45) is 1.02. The van der Waals surface area contributed by atoms with Gasteiger partial charge in [0, 0.05) is 25.1 Å². The van der Waals surface area contributed by atoms with Crippen LogP contribution in [0.3, 0.4) is 0 Å². The molecule has 0 amide bonds. The molecule has 1 atom stereocenters. The summed E-state index contributed by atoms with van der Waals surface area (Å²) in [5, 5.41) is 17.7. The van der Waals surface area contributed by atoms with Crippen LogP contribution in [-0.2, 0) is 6.54 Å². The average Bonchev–Trinajstić information content (AvgIpc) is 2.50. The van der Waals surface area contributed by atoms with Gasteiger partial charge in [0.25, 0.3) is 0 Å². The number of para-hydroxylation sites is 1. The molecule has 0 heterocycles. The minimum atomic E-state index is -0.133. The van der Waals surface area contributed by atoms with Gasteiger partial charge in [-0.2, -0.15) is 10.5 Å². The van der Waals surface area contributed by atoms with Crippen molar-refractivity contribution in [3.05, 3.63) is 23.8 Å². The quantitative estimate of drug-likeness (QED) is 0.735. The van der Waals surface area contributed by atoms with Crippen LogP contribution in [-0.4, -0.2) is 32.7 Å². The molecule has 1 aromatic rings. The van der Waals surface area contributed by atoms with E-state index in [0.29, 0.717) is 31.7 Å². The first-order chi connectivity index (χ1) is 10.2. The summed E-state index contributed by atoms with van der Waals surface area (Å²) in [4.78, 5) is 2.06. The lowest BCUT2D eigenvalue weighted by atomic mass is 10.0. The Balaban J connectivity index is 2.73. The Bertz CT molecular complexity index is 531. The molecule has 5 nitrogen and oxygen atoms in total. The summed E-state index contributed by atoms with van der Waals surface area (Å²) < 4.78 is 10.7. The van der Waals surface area contributed by atoms with Crippen molar-refractivity contribution in [3.63, 3.8) is 0 Å². The lowest BCUT2D eigenvalue weighted by molar-refractivity contribution is 0.281. The van der Waals surface area contributed by atoms with E-state index in [9.17, 15) is 0 Å². The van der Waals surface area contributed by atoms with E-state index in [-0.39, 0.29) is 5.92 Å². The van der Waals surface area contributed by atoms with E-state index in [1.165, 1.54) is 0 Å². The third kappa shape index (κ3) is 4.98. The van der Waals surface area contributed by atoms with Gasteiger partial charge in [0.05, 0.1) is 32.3 Å². The Hall–Kier alpha value is -2.24. The molecule has 1 aromatic carbocycles. The van der Waals surface area contributed by atoms with Crippen LogP contribution in [0.2, 0.25) is 0 Å². The first-order valence-electron chi connectivity index (χ1n) is 6.81. The normalized spacial score (nSPS) is 11.5. The van der Waals surface area contributed by atoms with Crippen molar-refractivity contribution in [2.75, 3.05) is 27.8 Å². The van der Waals surface area contributed by atoms with Crippen molar-refractivity contribution < 1.29 is 9.47 Å². The van der Waals surface area contributed by atoms with Gasteiger partial charge in [-0.05, 0) is 19.5 Å². The Labute approximate surface area is 126 Å². The number of hydrogen-bond acceptors (Lipinski definition) is 5. The highest BCUT2D eigenvalue weighted by molar-refractivity contribution is 5.46. The second kappa shape index (κ2) is 8.84. The molecule has 112 valence electrons. The summed E-state index contributed by atoms with van der Waals surface area (Å²) in [7, 11) is 5.18. The number of methoxy groups -OCH3 is 2. The van der Waals surface area contributed by atoms with E-state index in [1.54, 1.807) is 14.2 Å². The van der Waals surface area contributed by atoms with Crippen molar-refractivity contribution in [3.8, 4) is 23.6 Å². The molecule has 0 unspecified atom stereocenters. The summed E-state index contributed by atoms with van der Waals surface area (Å²) in [6.45, 7) is 1.28. The SMILES string of the molecule is COc1cccc(CN(C)C[C@@H](C#N)CCC#N)c1OC. The van der Waals surface area contributed by atoms with Crippen molar-refractivity contribution in [1.82, 2.24) is 4.90 Å². The highest BCUT2D eigenvalue weighted by atomic mass is 16.5. The molecule has 0 N–H and O–H groups in total. The largest absolute Gasteiger partial charge is 0.493 e. The molecule has 0 saturated heterocycles. The zero-order valence-electron chi connectivity index (χ0n) is 12.8. The van der Waals surface area contributed by atoms with E-state index < -0.39 is 0 Å². The second-order valence-electron chi connectivity index (χ2n) is 4.87. The fourth-order valence-corrected chi connectivity index (χ4v) is 2.25. The van der Waals surface area contributed by atoms with Crippen molar-refractivity contribution >= 4 is 0 Å². The summed E-state index contributed by atoms with van der Waals surface area (Å²) in [5.74, 6) is 1.29. The molecule has 0 aromatic heterocycles. The molecule has 0 saturated carbocycles. The van der Waals surface area contributed by atoms with Crippen molar-refractivity contribution in [1.29, 1.82) is 10.5 Å². The molecule has 1 rings (SSSR count). The zero-order chi connectivity index (χ0) is 15.7. The number of ether oxygens (including phenoxy) is 2. The monoisotopic (exact) mass is 287 g/mol. The number of nitrogens with zero attached hydrogens (tertiary/aromatic N) is 3. The fraction of sp³-hybridized carbons (Fsp3) is 0.500. The Morgan fingerprint density at radius 2 is 2.00 bits per heavy atom. The van der Waals surface area contributed by atoms with Crippen LogP contribution >= 0.6 is 0 Å². The van der Waals surface area contributed by atoms with E-state index in [0.717, 1.165) is 11.3 Å². The molecule has 5 heteroatoms. The molecule has 0 fully saturated rings. The standard InChI is InChI=1S/C16H21N3O2/c1-19(11-13(10-18)6-5-9-17)12-14-7-4-8-15(20-2)16(14)21-3/h4,7-8,13H,5-6,11-12H2,1-3H3/t13-/m1/s1. The number of benzene rings is 1. The van der Waals surface area contributed by atoms with Crippen LogP contribution in [0.25, 0.3) is 0 Å². The first-order valence-corrected chi connectivity index (χ1v) is 6.81. The molecule has 0 spiro atoms.